The molecule has 0 unspecified atom stereocenters. The van der Waals surface area contributed by atoms with Gasteiger partial charge in [0, 0.05) is 31.7 Å². The summed E-state index contributed by atoms with van der Waals surface area (Å²) in [5.74, 6) is -0.0631. The van der Waals surface area contributed by atoms with Crippen molar-refractivity contribution in [2.45, 2.75) is 6.54 Å². The minimum absolute atomic E-state index is 0.0364. The number of aliphatic hydroxyl groups excluding tert-OH is 2. The molecule has 1 aromatic carbocycles. The fraction of sp³-hybridized carbons (Fsp3) is 0.500. The van der Waals surface area contributed by atoms with E-state index in [1.54, 1.807) is 22.9 Å². The second kappa shape index (κ2) is 8.92. The topological polar surface area (TPSA) is 64.0 Å². The van der Waals surface area contributed by atoms with E-state index in [1.165, 1.54) is 0 Å². The van der Waals surface area contributed by atoms with Crippen LogP contribution in [0.25, 0.3) is 0 Å². The molecule has 0 saturated heterocycles. The van der Waals surface area contributed by atoms with Gasteiger partial charge >= 0.3 is 0 Å². The Balaban J connectivity index is 2.53. The molecule has 2 N–H and O–H groups in total. The van der Waals surface area contributed by atoms with Crippen LogP contribution in [0.1, 0.15) is 5.56 Å². The van der Waals surface area contributed by atoms with E-state index >= 15 is 0 Å². The molecule has 112 valence electrons. The molecule has 0 fully saturated rings. The SMILES string of the molecule is CN(Cc1cccc(Cl)c1)C(=O)CN(CCO)CCO. The molecule has 6 heteroatoms. The van der Waals surface area contributed by atoms with Crippen LogP contribution in [0, 0.1) is 0 Å². The highest BCUT2D eigenvalue weighted by Gasteiger charge is 2.14. The van der Waals surface area contributed by atoms with Crippen molar-refractivity contribution in [2.24, 2.45) is 0 Å². The molecule has 0 radical (unpaired) electrons. The molecule has 0 aliphatic rings. The summed E-state index contributed by atoms with van der Waals surface area (Å²) < 4.78 is 0. The third-order valence-electron chi connectivity index (χ3n) is 2.93. The van der Waals surface area contributed by atoms with Gasteiger partial charge in [0.2, 0.25) is 5.91 Å². The smallest absolute Gasteiger partial charge is 0.236 e. The molecule has 0 aliphatic heterocycles. The number of benzene rings is 1. The van der Waals surface area contributed by atoms with Crippen LogP contribution in [-0.4, -0.2) is 65.8 Å². The van der Waals surface area contributed by atoms with Gasteiger partial charge in [0.25, 0.3) is 0 Å². The first-order chi connectivity index (χ1) is 9.56. The van der Waals surface area contributed by atoms with Gasteiger partial charge in [-0.1, -0.05) is 23.7 Å². The van der Waals surface area contributed by atoms with Gasteiger partial charge in [-0.2, -0.15) is 0 Å². The summed E-state index contributed by atoms with van der Waals surface area (Å²) in [5.41, 5.74) is 0.962. The third kappa shape index (κ3) is 5.88. The van der Waals surface area contributed by atoms with Crippen molar-refractivity contribution in [3.8, 4) is 0 Å². The minimum Gasteiger partial charge on any atom is -0.395 e. The molecule has 0 aliphatic carbocycles. The summed E-state index contributed by atoms with van der Waals surface area (Å²) in [6.07, 6.45) is 0. The van der Waals surface area contributed by atoms with E-state index < -0.39 is 0 Å². The van der Waals surface area contributed by atoms with Crippen LogP contribution >= 0.6 is 11.6 Å². The maximum Gasteiger partial charge on any atom is 0.236 e. The van der Waals surface area contributed by atoms with E-state index in [0.717, 1.165) is 5.56 Å². The van der Waals surface area contributed by atoms with Gasteiger partial charge < -0.3 is 15.1 Å². The molecule has 0 heterocycles. The van der Waals surface area contributed by atoms with Crippen LogP contribution < -0.4 is 0 Å². The normalized spacial score (nSPS) is 10.8. The molecule has 20 heavy (non-hydrogen) atoms. The molecule has 0 bridgehead atoms. The second-order valence-electron chi connectivity index (χ2n) is 4.60. The zero-order chi connectivity index (χ0) is 15.0. The lowest BCUT2D eigenvalue weighted by molar-refractivity contribution is -0.131. The van der Waals surface area contributed by atoms with Crippen molar-refractivity contribution in [3.05, 3.63) is 34.9 Å². The summed E-state index contributed by atoms with van der Waals surface area (Å²) in [4.78, 5) is 15.4. The summed E-state index contributed by atoms with van der Waals surface area (Å²) in [7, 11) is 1.72. The van der Waals surface area contributed by atoms with Crippen LogP contribution in [0.5, 0.6) is 0 Å². The highest BCUT2D eigenvalue weighted by Crippen LogP contribution is 2.12. The van der Waals surface area contributed by atoms with Crippen molar-refractivity contribution < 1.29 is 15.0 Å². The van der Waals surface area contributed by atoms with Gasteiger partial charge in [0.1, 0.15) is 0 Å². The zero-order valence-corrected chi connectivity index (χ0v) is 12.4. The molecule has 1 rings (SSSR count). The lowest BCUT2D eigenvalue weighted by Gasteiger charge is -2.24. The Hall–Kier alpha value is -1.14. The predicted molar refractivity (Wildman–Crippen MR) is 78.5 cm³/mol. The average molecular weight is 301 g/mol. The molecule has 1 aromatic rings. The van der Waals surface area contributed by atoms with Gasteiger partial charge in [-0.05, 0) is 17.7 Å². The van der Waals surface area contributed by atoms with Crippen molar-refractivity contribution in [1.29, 1.82) is 0 Å². The number of amides is 1. The van der Waals surface area contributed by atoms with Gasteiger partial charge in [0.05, 0.1) is 19.8 Å². The van der Waals surface area contributed by atoms with Gasteiger partial charge in [-0.3, -0.25) is 9.69 Å². The van der Waals surface area contributed by atoms with Crippen molar-refractivity contribution in [2.75, 3.05) is 39.9 Å². The Labute approximate surface area is 124 Å². The number of rotatable bonds is 8. The van der Waals surface area contributed by atoms with Gasteiger partial charge in [-0.25, -0.2) is 0 Å². The number of carbonyl (C=O) groups is 1. The Morgan fingerprint density at radius 1 is 1.25 bits per heavy atom. The summed E-state index contributed by atoms with van der Waals surface area (Å²) in [5, 5.41) is 18.5. The maximum absolute atomic E-state index is 12.1. The first-order valence-electron chi connectivity index (χ1n) is 6.49. The van der Waals surface area contributed by atoms with Crippen LogP contribution in [0.15, 0.2) is 24.3 Å². The summed E-state index contributed by atoms with van der Waals surface area (Å²) >= 11 is 5.91. The number of carbonyl (C=O) groups excluding carboxylic acids is 1. The van der Waals surface area contributed by atoms with Crippen molar-refractivity contribution in [1.82, 2.24) is 9.80 Å². The number of hydrogen-bond acceptors (Lipinski definition) is 4. The Kier molecular flexibility index (Phi) is 7.54. The maximum atomic E-state index is 12.1. The largest absolute Gasteiger partial charge is 0.395 e. The van der Waals surface area contributed by atoms with Crippen LogP contribution in [0.4, 0.5) is 0 Å². The van der Waals surface area contributed by atoms with Crippen LogP contribution in [0.3, 0.4) is 0 Å². The van der Waals surface area contributed by atoms with E-state index in [4.69, 9.17) is 21.8 Å². The number of likely N-dealkylation sites (N-methyl/N-ethyl adjacent to an activating group) is 1. The predicted octanol–water partition coefficient (Wildman–Crippen LogP) is 0.585. The first kappa shape index (κ1) is 16.9. The Morgan fingerprint density at radius 2 is 1.90 bits per heavy atom. The Bertz CT molecular complexity index is 423. The second-order valence-corrected chi connectivity index (χ2v) is 5.04. The third-order valence-corrected chi connectivity index (χ3v) is 3.16. The van der Waals surface area contributed by atoms with E-state index in [0.29, 0.717) is 24.7 Å². The zero-order valence-electron chi connectivity index (χ0n) is 11.6. The van der Waals surface area contributed by atoms with Crippen LogP contribution in [0.2, 0.25) is 5.02 Å². The lowest BCUT2D eigenvalue weighted by Crippen LogP contribution is -2.40. The van der Waals surface area contributed by atoms with Gasteiger partial charge in [0.15, 0.2) is 0 Å². The summed E-state index contributed by atoms with van der Waals surface area (Å²) in [6, 6.07) is 7.37. The first-order valence-corrected chi connectivity index (χ1v) is 6.87. The van der Waals surface area contributed by atoms with Crippen LogP contribution in [-0.2, 0) is 11.3 Å². The standard InChI is InChI=1S/C14H21ClN2O3/c1-16(10-12-3-2-4-13(15)9-12)14(20)11-17(5-7-18)6-8-19/h2-4,9,18-19H,5-8,10-11H2,1H3. The highest BCUT2D eigenvalue weighted by molar-refractivity contribution is 6.30. The molecule has 1 amide bonds. The Morgan fingerprint density at radius 3 is 2.45 bits per heavy atom. The van der Waals surface area contributed by atoms with Crippen molar-refractivity contribution in [3.63, 3.8) is 0 Å². The molecular weight excluding hydrogens is 280 g/mol. The molecule has 0 atom stereocenters. The van der Waals surface area contributed by atoms with Gasteiger partial charge in [-0.15, -0.1) is 0 Å². The monoisotopic (exact) mass is 300 g/mol. The fourth-order valence-corrected chi connectivity index (χ4v) is 2.07. The quantitative estimate of drug-likeness (QED) is 0.737. The number of halogens is 1. The lowest BCUT2D eigenvalue weighted by atomic mass is 10.2. The summed E-state index contributed by atoms with van der Waals surface area (Å²) in [6.45, 7) is 1.33. The number of aliphatic hydroxyl groups is 2. The fourth-order valence-electron chi connectivity index (χ4n) is 1.86. The van der Waals surface area contributed by atoms with Crippen molar-refractivity contribution >= 4 is 17.5 Å². The molecule has 0 aromatic heterocycles. The van der Waals surface area contributed by atoms with E-state index in [1.807, 2.05) is 18.2 Å². The highest BCUT2D eigenvalue weighted by atomic mass is 35.5. The number of nitrogens with zero attached hydrogens (tertiary/aromatic N) is 2. The number of hydrogen-bond donors (Lipinski definition) is 2. The van der Waals surface area contributed by atoms with E-state index in [-0.39, 0.29) is 25.7 Å². The van der Waals surface area contributed by atoms with E-state index in [2.05, 4.69) is 0 Å². The molecule has 0 spiro atoms. The minimum atomic E-state index is -0.0631. The molecule has 5 nitrogen and oxygen atoms in total. The molecule has 0 saturated carbocycles. The average Bonchev–Trinajstić information content (AvgIpc) is 2.39. The molecular formula is C14H21ClN2O3. The van der Waals surface area contributed by atoms with E-state index in [9.17, 15) is 4.79 Å².